The van der Waals surface area contributed by atoms with Crippen LogP contribution in [0.2, 0.25) is 5.02 Å². The van der Waals surface area contributed by atoms with E-state index in [2.05, 4.69) is 15.9 Å². The number of para-hydroxylation sites is 1. The molecule has 0 aromatic heterocycles. The molecule has 4 heteroatoms. The van der Waals surface area contributed by atoms with Crippen LogP contribution in [0.4, 0.5) is 0 Å². The summed E-state index contributed by atoms with van der Waals surface area (Å²) < 4.78 is 6.58. The minimum absolute atomic E-state index is 0.111. The molecule has 88 valence electrons. The van der Waals surface area contributed by atoms with Gasteiger partial charge >= 0.3 is 0 Å². The van der Waals surface area contributed by atoms with E-state index >= 15 is 0 Å². The molecule has 0 amide bonds. The Labute approximate surface area is 113 Å². The SMILES string of the molecule is OCc1cc(Cl)ccc1Oc1ccccc1Br. The summed E-state index contributed by atoms with van der Waals surface area (Å²) in [6, 6.07) is 12.7. The predicted octanol–water partition coefficient (Wildman–Crippen LogP) is 4.39. The van der Waals surface area contributed by atoms with Gasteiger partial charge in [0.2, 0.25) is 0 Å². The molecule has 0 heterocycles. The van der Waals surface area contributed by atoms with Gasteiger partial charge in [0, 0.05) is 10.6 Å². The van der Waals surface area contributed by atoms with Crippen molar-refractivity contribution in [2.45, 2.75) is 6.61 Å². The first-order valence-corrected chi connectivity index (χ1v) is 6.19. The molecule has 2 rings (SSSR count). The zero-order valence-corrected chi connectivity index (χ0v) is 11.2. The van der Waals surface area contributed by atoms with Gasteiger partial charge in [-0.3, -0.25) is 0 Å². The fraction of sp³-hybridized carbons (Fsp3) is 0.0769. The van der Waals surface area contributed by atoms with Crippen molar-refractivity contribution in [3.63, 3.8) is 0 Å². The molecule has 0 aliphatic carbocycles. The number of hydrogen-bond acceptors (Lipinski definition) is 2. The summed E-state index contributed by atoms with van der Waals surface area (Å²) in [7, 11) is 0. The van der Waals surface area contributed by atoms with Gasteiger partial charge in [-0.2, -0.15) is 0 Å². The molecule has 17 heavy (non-hydrogen) atoms. The summed E-state index contributed by atoms with van der Waals surface area (Å²) in [5.41, 5.74) is 0.660. The average Bonchev–Trinajstić information content (AvgIpc) is 2.34. The van der Waals surface area contributed by atoms with Gasteiger partial charge in [0.15, 0.2) is 0 Å². The molecular formula is C13H10BrClO2. The monoisotopic (exact) mass is 312 g/mol. The molecule has 0 aliphatic heterocycles. The maximum absolute atomic E-state index is 9.24. The van der Waals surface area contributed by atoms with Crippen LogP contribution in [0.5, 0.6) is 11.5 Å². The van der Waals surface area contributed by atoms with Crippen LogP contribution in [0.25, 0.3) is 0 Å². The van der Waals surface area contributed by atoms with Crippen molar-refractivity contribution in [2.24, 2.45) is 0 Å². The van der Waals surface area contributed by atoms with Crippen molar-refractivity contribution in [3.05, 3.63) is 57.5 Å². The number of aliphatic hydroxyl groups excluding tert-OH is 1. The zero-order chi connectivity index (χ0) is 12.3. The second-order valence-corrected chi connectivity index (χ2v) is 4.73. The number of rotatable bonds is 3. The average molecular weight is 314 g/mol. The van der Waals surface area contributed by atoms with Gasteiger partial charge in [0.05, 0.1) is 11.1 Å². The zero-order valence-electron chi connectivity index (χ0n) is 8.86. The molecule has 0 radical (unpaired) electrons. The van der Waals surface area contributed by atoms with E-state index in [-0.39, 0.29) is 6.61 Å². The van der Waals surface area contributed by atoms with Crippen molar-refractivity contribution >= 4 is 27.5 Å². The van der Waals surface area contributed by atoms with E-state index in [1.165, 1.54) is 0 Å². The highest BCUT2D eigenvalue weighted by atomic mass is 79.9. The van der Waals surface area contributed by atoms with E-state index in [0.29, 0.717) is 22.1 Å². The van der Waals surface area contributed by atoms with E-state index in [1.54, 1.807) is 18.2 Å². The van der Waals surface area contributed by atoms with Gasteiger partial charge in [0.1, 0.15) is 11.5 Å². The molecule has 2 nitrogen and oxygen atoms in total. The summed E-state index contributed by atoms with van der Waals surface area (Å²) in [5.74, 6) is 1.30. The standard InChI is InChI=1S/C13H10BrClO2/c14-11-3-1-2-4-13(11)17-12-6-5-10(15)7-9(12)8-16/h1-7,16H,8H2. The maximum atomic E-state index is 9.24. The number of hydrogen-bond donors (Lipinski definition) is 1. The Morgan fingerprint density at radius 1 is 1.12 bits per heavy atom. The van der Waals surface area contributed by atoms with Crippen molar-refractivity contribution < 1.29 is 9.84 Å². The third kappa shape index (κ3) is 3.00. The minimum atomic E-state index is -0.111. The van der Waals surface area contributed by atoms with Gasteiger partial charge in [-0.25, -0.2) is 0 Å². The molecule has 0 bridgehead atoms. The lowest BCUT2D eigenvalue weighted by atomic mass is 10.2. The topological polar surface area (TPSA) is 29.5 Å². The third-order valence-electron chi connectivity index (χ3n) is 2.25. The summed E-state index contributed by atoms with van der Waals surface area (Å²) >= 11 is 9.26. The molecule has 0 aliphatic rings. The molecule has 0 spiro atoms. The van der Waals surface area contributed by atoms with Gasteiger partial charge in [0.25, 0.3) is 0 Å². The fourth-order valence-electron chi connectivity index (χ4n) is 1.42. The molecule has 0 atom stereocenters. The van der Waals surface area contributed by atoms with Gasteiger partial charge in [-0.1, -0.05) is 23.7 Å². The molecule has 0 saturated heterocycles. The number of benzene rings is 2. The summed E-state index contributed by atoms with van der Waals surface area (Å²) in [6.07, 6.45) is 0. The van der Waals surface area contributed by atoms with Gasteiger partial charge < -0.3 is 9.84 Å². The Balaban J connectivity index is 2.33. The van der Waals surface area contributed by atoms with Gasteiger partial charge in [-0.05, 0) is 46.3 Å². The first kappa shape index (κ1) is 12.4. The molecule has 2 aromatic rings. The van der Waals surface area contributed by atoms with Crippen molar-refractivity contribution in [3.8, 4) is 11.5 Å². The predicted molar refractivity (Wildman–Crippen MR) is 71.6 cm³/mol. The smallest absolute Gasteiger partial charge is 0.141 e. The Kier molecular flexibility index (Phi) is 4.05. The minimum Gasteiger partial charge on any atom is -0.456 e. The number of halogens is 2. The normalized spacial score (nSPS) is 10.3. The first-order chi connectivity index (χ1) is 8.20. The van der Waals surface area contributed by atoms with E-state index in [1.807, 2.05) is 24.3 Å². The first-order valence-electron chi connectivity index (χ1n) is 5.02. The highest BCUT2D eigenvalue weighted by Gasteiger charge is 2.07. The second kappa shape index (κ2) is 5.54. The number of aliphatic hydroxyl groups is 1. The summed E-state index contributed by atoms with van der Waals surface area (Å²) in [6.45, 7) is -0.111. The van der Waals surface area contributed by atoms with E-state index in [4.69, 9.17) is 16.3 Å². The molecule has 0 saturated carbocycles. The largest absolute Gasteiger partial charge is 0.456 e. The lowest BCUT2D eigenvalue weighted by Gasteiger charge is -2.11. The Bertz CT molecular complexity index is 529. The molecular weight excluding hydrogens is 303 g/mol. The lowest BCUT2D eigenvalue weighted by Crippen LogP contribution is -1.92. The Morgan fingerprint density at radius 3 is 2.59 bits per heavy atom. The van der Waals surface area contributed by atoms with Crippen LogP contribution >= 0.6 is 27.5 Å². The summed E-state index contributed by atoms with van der Waals surface area (Å²) in [5, 5.41) is 9.82. The maximum Gasteiger partial charge on any atom is 0.141 e. The molecule has 0 fully saturated rings. The van der Waals surface area contributed by atoms with Crippen molar-refractivity contribution in [1.82, 2.24) is 0 Å². The third-order valence-corrected chi connectivity index (χ3v) is 3.14. The molecule has 1 N–H and O–H groups in total. The Hall–Kier alpha value is -1.03. The van der Waals surface area contributed by atoms with Crippen LogP contribution in [0.15, 0.2) is 46.9 Å². The molecule has 0 unspecified atom stereocenters. The van der Waals surface area contributed by atoms with Crippen LogP contribution < -0.4 is 4.74 Å². The van der Waals surface area contributed by atoms with Gasteiger partial charge in [-0.15, -0.1) is 0 Å². The van der Waals surface area contributed by atoms with E-state index in [0.717, 1.165) is 4.47 Å². The molecule has 2 aromatic carbocycles. The Morgan fingerprint density at radius 2 is 1.88 bits per heavy atom. The fourth-order valence-corrected chi connectivity index (χ4v) is 1.98. The quantitative estimate of drug-likeness (QED) is 0.911. The summed E-state index contributed by atoms with van der Waals surface area (Å²) in [4.78, 5) is 0. The van der Waals surface area contributed by atoms with Crippen LogP contribution in [0.1, 0.15) is 5.56 Å². The van der Waals surface area contributed by atoms with Crippen LogP contribution in [0, 0.1) is 0 Å². The second-order valence-electron chi connectivity index (χ2n) is 3.44. The van der Waals surface area contributed by atoms with Crippen LogP contribution in [0.3, 0.4) is 0 Å². The van der Waals surface area contributed by atoms with Crippen LogP contribution in [-0.4, -0.2) is 5.11 Å². The van der Waals surface area contributed by atoms with E-state index in [9.17, 15) is 5.11 Å². The van der Waals surface area contributed by atoms with E-state index < -0.39 is 0 Å². The number of ether oxygens (including phenoxy) is 1. The van der Waals surface area contributed by atoms with Crippen molar-refractivity contribution in [2.75, 3.05) is 0 Å². The van der Waals surface area contributed by atoms with Crippen molar-refractivity contribution in [1.29, 1.82) is 0 Å². The highest BCUT2D eigenvalue weighted by molar-refractivity contribution is 9.10. The van der Waals surface area contributed by atoms with Crippen LogP contribution in [-0.2, 0) is 6.61 Å². The lowest BCUT2D eigenvalue weighted by molar-refractivity contribution is 0.276. The highest BCUT2D eigenvalue weighted by Crippen LogP contribution is 2.32.